The van der Waals surface area contributed by atoms with Crippen molar-refractivity contribution in [3.8, 4) is 11.1 Å². The first-order chi connectivity index (χ1) is 15.0. The van der Waals surface area contributed by atoms with Crippen LogP contribution in [0, 0.1) is 5.92 Å². The lowest BCUT2D eigenvalue weighted by Crippen LogP contribution is -2.25. The summed E-state index contributed by atoms with van der Waals surface area (Å²) in [6, 6.07) is 6.93. The van der Waals surface area contributed by atoms with Crippen LogP contribution in [-0.4, -0.2) is 40.3 Å². The molecule has 1 amide bonds. The third-order valence-corrected chi connectivity index (χ3v) is 6.10. The van der Waals surface area contributed by atoms with E-state index in [4.69, 9.17) is 16.3 Å². The molecule has 8 heteroatoms. The number of halogens is 1. The lowest BCUT2D eigenvalue weighted by Gasteiger charge is -2.12. The Morgan fingerprint density at radius 1 is 1.26 bits per heavy atom. The van der Waals surface area contributed by atoms with Crippen molar-refractivity contribution < 1.29 is 14.3 Å². The second kappa shape index (κ2) is 9.06. The molecule has 1 saturated carbocycles. The number of amides is 1. The van der Waals surface area contributed by atoms with Crippen molar-refractivity contribution >= 4 is 34.4 Å². The first-order valence-electron chi connectivity index (χ1n) is 10.5. The van der Waals surface area contributed by atoms with Gasteiger partial charge < -0.3 is 10.1 Å². The Bertz CT molecular complexity index is 1140. The summed E-state index contributed by atoms with van der Waals surface area (Å²) in [5.74, 6) is 0.0922. The number of carbonyl (C=O) groups excluding carboxylic acids is 2. The third-order valence-electron chi connectivity index (χ3n) is 5.66. The van der Waals surface area contributed by atoms with Crippen molar-refractivity contribution in [2.75, 3.05) is 13.7 Å². The number of hydrogen-bond acceptors (Lipinski definition) is 5. The molecule has 1 aliphatic rings. The Balaban J connectivity index is 1.70. The van der Waals surface area contributed by atoms with E-state index < -0.39 is 5.97 Å². The molecule has 0 radical (unpaired) electrons. The molecule has 0 spiro atoms. The highest BCUT2D eigenvalue weighted by molar-refractivity contribution is 6.32. The fourth-order valence-electron chi connectivity index (χ4n) is 3.72. The van der Waals surface area contributed by atoms with Gasteiger partial charge in [-0.3, -0.25) is 9.48 Å². The van der Waals surface area contributed by atoms with Crippen LogP contribution in [0.2, 0.25) is 5.15 Å². The lowest BCUT2D eigenvalue weighted by atomic mass is 10.00. The van der Waals surface area contributed by atoms with Crippen LogP contribution in [0.1, 0.15) is 53.0 Å². The van der Waals surface area contributed by atoms with Crippen LogP contribution in [0.3, 0.4) is 0 Å². The van der Waals surface area contributed by atoms with Gasteiger partial charge in [-0.15, -0.1) is 0 Å². The molecule has 162 valence electrons. The maximum Gasteiger partial charge on any atom is 0.340 e. The van der Waals surface area contributed by atoms with Crippen LogP contribution in [0.5, 0.6) is 0 Å². The molecule has 1 fully saturated rings. The predicted octanol–water partition coefficient (Wildman–Crippen LogP) is 4.39. The molecule has 31 heavy (non-hydrogen) atoms. The molecule has 1 aromatic carbocycles. The molecule has 4 rings (SSSR count). The zero-order valence-corrected chi connectivity index (χ0v) is 18.4. The van der Waals surface area contributed by atoms with Crippen LogP contribution in [0.4, 0.5) is 0 Å². The summed E-state index contributed by atoms with van der Waals surface area (Å²) in [7, 11) is 3.06. The topological polar surface area (TPSA) is 86.1 Å². The van der Waals surface area contributed by atoms with Gasteiger partial charge in [0.1, 0.15) is 10.8 Å². The normalized spacial score (nSPS) is 13.4. The SMILES string of the molecule is COC(=O)c1cccc2c(-c3cnn(C)c3Cl)cc(C(=O)NCCCCC3CC3)nc12. The highest BCUT2D eigenvalue weighted by atomic mass is 35.5. The van der Waals surface area contributed by atoms with E-state index in [-0.39, 0.29) is 11.6 Å². The van der Waals surface area contributed by atoms with Crippen molar-refractivity contribution in [3.05, 3.63) is 46.9 Å². The number of pyridine rings is 1. The third kappa shape index (κ3) is 4.56. The fraction of sp³-hybridized carbons (Fsp3) is 0.391. The molecule has 3 aromatic rings. The van der Waals surface area contributed by atoms with E-state index in [1.807, 2.05) is 6.07 Å². The minimum absolute atomic E-state index is 0.223. The van der Waals surface area contributed by atoms with E-state index in [1.165, 1.54) is 26.4 Å². The van der Waals surface area contributed by atoms with E-state index in [1.54, 1.807) is 36.1 Å². The van der Waals surface area contributed by atoms with Crippen LogP contribution < -0.4 is 5.32 Å². The van der Waals surface area contributed by atoms with Crippen molar-refractivity contribution in [2.24, 2.45) is 13.0 Å². The van der Waals surface area contributed by atoms with Crippen molar-refractivity contribution in [2.45, 2.75) is 32.1 Å². The Morgan fingerprint density at radius 3 is 2.74 bits per heavy atom. The number of fused-ring (bicyclic) bond motifs is 1. The number of hydrogen-bond donors (Lipinski definition) is 1. The number of methoxy groups -OCH3 is 1. The second-order valence-corrected chi connectivity index (χ2v) is 8.27. The molecular formula is C23H25ClN4O3. The number of unbranched alkanes of at least 4 members (excludes halogenated alkanes) is 1. The van der Waals surface area contributed by atoms with Gasteiger partial charge in [0.05, 0.1) is 24.4 Å². The molecule has 0 saturated heterocycles. The first-order valence-corrected chi connectivity index (χ1v) is 10.9. The number of carbonyl (C=O) groups is 2. The standard InChI is InChI=1S/C23H25ClN4O3/c1-28-21(24)18(13-26-28)17-12-19(22(29)25-11-4-3-6-14-9-10-14)27-20-15(17)7-5-8-16(20)23(30)31-2/h5,7-8,12-14H,3-4,6,9-11H2,1-2H3,(H,25,29). The Kier molecular flexibility index (Phi) is 6.23. The maximum atomic E-state index is 12.9. The molecule has 2 aromatic heterocycles. The smallest absolute Gasteiger partial charge is 0.340 e. The molecule has 1 aliphatic carbocycles. The van der Waals surface area contributed by atoms with Gasteiger partial charge in [-0.2, -0.15) is 5.10 Å². The van der Waals surface area contributed by atoms with E-state index in [2.05, 4.69) is 15.4 Å². The highest BCUT2D eigenvalue weighted by Gasteiger charge is 2.21. The van der Waals surface area contributed by atoms with Gasteiger partial charge in [-0.1, -0.05) is 49.4 Å². The van der Waals surface area contributed by atoms with Crippen LogP contribution in [0.15, 0.2) is 30.5 Å². The van der Waals surface area contributed by atoms with Crippen LogP contribution >= 0.6 is 11.6 Å². The number of aromatic nitrogens is 3. The zero-order chi connectivity index (χ0) is 22.0. The molecule has 1 N–H and O–H groups in total. The van der Waals surface area contributed by atoms with Gasteiger partial charge >= 0.3 is 5.97 Å². The minimum Gasteiger partial charge on any atom is -0.465 e. The van der Waals surface area contributed by atoms with Crippen molar-refractivity contribution in [1.82, 2.24) is 20.1 Å². The number of aryl methyl sites for hydroxylation is 1. The molecular weight excluding hydrogens is 416 g/mol. The Labute approximate surface area is 185 Å². The summed E-state index contributed by atoms with van der Waals surface area (Å²) in [6.07, 6.45) is 7.60. The number of nitrogens with one attached hydrogen (secondary N) is 1. The summed E-state index contributed by atoms with van der Waals surface area (Å²) in [4.78, 5) is 29.7. The predicted molar refractivity (Wildman–Crippen MR) is 119 cm³/mol. The van der Waals surface area contributed by atoms with Gasteiger partial charge in [0.25, 0.3) is 5.91 Å². The molecule has 0 atom stereocenters. The van der Waals surface area contributed by atoms with Gasteiger partial charge in [-0.05, 0) is 30.0 Å². The summed E-state index contributed by atoms with van der Waals surface area (Å²) in [6.45, 7) is 0.590. The van der Waals surface area contributed by atoms with Crippen molar-refractivity contribution in [3.63, 3.8) is 0 Å². The van der Waals surface area contributed by atoms with Crippen molar-refractivity contribution in [1.29, 1.82) is 0 Å². The van der Waals surface area contributed by atoms with Gasteiger partial charge in [0.15, 0.2) is 0 Å². The number of nitrogens with zero attached hydrogens (tertiary/aromatic N) is 3. The largest absolute Gasteiger partial charge is 0.465 e. The van der Waals surface area contributed by atoms with E-state index in [9.17, 15) is 9.59 Å². The van der Waals surface area contributed by atoms with E-state index in [0.29, 0.717) is 39.3 Å². The molecule has 0 aliphatic heterocycles. The minimum atomic E-state index is -0.515. The molecule has 2 heterocycles. The quantitative estimate of drug-likeness (QED) is 0.414. The van der Waals surface area contributed by atoms with E-state index in [0.717, 1.165) is 18.8 Å². The number of ether oxygens (including phenoxy) is 1. The highest BCUT2D eigenvalue weighted by Crippen LogP contribution is 2.35. The van der Waals surface area contributed by atoms with Gasteiger partial charge in [0, 0.05) is 24.5 Å². The number of para-hydroxylation sites is 1. The van der Waals surface area contributed by atoms with Gasteiger partial charge in [0.2, 0.25) is 0 Å². The number of rotatable bonds is 8. The second-order valence-electron chi connectivity index (χ2n) is 7.92. The Morgan fingerprint density at radius 2 is 2.06 bits per heavy atom. The number of esters is 1. The molecule has 7 nitrogen and oxygen atoms in total. The summed E-state index contributed by atoms with van der Waals surface area (Å²) in [5, 5.41) is 8.28. The maximum absolute atomic E-state index is 12.9. The average molecular weight is 441 g/mol. The Hall–Kier alpha value is -2.93. The van der Waals surface area contributed by atoms with Crippen LogP contribution in [0.25, 0.3) is 22.0 Å². The van der Waals surface area contributed by atoms with Gasteiger partial charge in [-0.25, -0.2) is 9.78 Å². The zero-order valence-electron chi connectivity index (χ0n) is 17.7. The lowest BCUT2D eigenvalue weighted by molar-refractivity contribution is 0.0602. The number of benzene rings is 1. The monoisotopic (exact) mass is 440 g/mol. The molecule has 0 bridgehead atoms. The molecule has 0 unspecified atom stereocenters. The average Bonchev–Trinajstić information content (AvgIpc) is 3.55. The fourth-order valence-corrected chi connectivity index (χ4v) is 3.92. The van der Waals surface area contributed by atoms with E-state index >= 15 is 0 Å². The van der Waals surface area contributed by atoms with Crippen LogP contribution in [-0.2, 0) is 11.8 Å². The first kappa shape index (κ1) is 21.3. The summed E-state index contributed by atoms with van der Waals surface area (Å²) >= 11 is 6.44. The summed E-state index contributed by atoms with van der Waals surface area (Å²) in [5.41, 5.74) is 2.26. The summed E-state index contributed by atoms with van der Waals surface area (Å²) < 4.78 is 6.46.